The molecule has 3 N–H and O–H groups in total. The number of nitrogens with two attached hydrogens (primary N) is 1. The fourth-order valence-electron chi connectivity index (χ4n) is 2.23. The molecule has 1 fully saturated rings. The summed E-state index contributed by atoms with van der Waals surface area (Å²) in [6.45, 7) is 1.84. The summed E-state index contributed by atoms with van der Waals surface area (Å²) in [6.07, 6.45) is 3.71. The van der Waals surface area contributed by atoms with Gasteiger partial charge < -0.3 is 10.5 Å². The molecule has 0 aromatic heterocycles. The average Bonchev–Trinajstić information content (AvgIpc) is 2.47. The quantitative estimate of drug-likeness (QED) is 0.634. The third-order valence-corrected chi connectivity index (χ3v) is 4.49. The molecule has 0 spiro atoms. The van der Waals surface area contributed by atoms with Crippen LogP contribution in [0.3, 0.4) is 0 Å². The van der Waals surface area contributed by atoms with Crippen LogP contribution in [0, 0.1) is 12.8 Å². The van der Waals surface area contributed by atoms with E-state index in [1.54, 1.807) is 12.1 Å². The summed E-state index contributed by atoms with van der Waals surface area (Å²) >= 11 is 0. The second kappa shape index (κ2) is 8.26. The molecule has 1 aliphatic carbocycles. The molecule has 0 radical (unpaired) electrons. The molecule has 124 valence electrons. The zero-order valence-electron chi connectivity index (χ0n) is 12.9. The Balaban J connectivity index is 0.000000220. The fraction of sp³-hybridized carbons (Fsp3) is 0.533. The second-order valence-corrected chi connectivity index (χ2v) is 6.84. The monoisotopic (exact) mass is 329 g/mol. The smallest absolute Gasteiger partial charge is 0.308 e. The summed E-state index contributed by atoms with van der Waals surface area (Å²) in [6, 6.07) is 6.29. The lowest BCUT2D eigenvalue weighted by Gasteiger charge is -2.23. The van der Waals surface area contributed by atoms with Crippen LogP contribution in [0.4, 0.5) is 0 Å². The maximum atomic E-state index is 11.0. The zero-order chi connectivity index (χ0) is 16.8. The van der Waals surface area contributed by atoms with Crippen LogP contribution in [0.5, 0.6) is 0 Å². The number of hydrogen-bond donors (Lipinski definition) is 2. The van der Waals surface area contributed by atoms with Crippen LogP contribution in [0.1, 0.15) is 31.2 Å². The van der Waals surface area contributed by atoms with Gasteiger partial charge in [0, 0.05) is 6.04 Å². The maximum absolute atomic E-state index is 11.0. The van der Waals surface area contributed by atoms with Gasteiger partial charge in [0.2, 0.25) is 0 Å². The van der Waals surface area contributed by atoms with Gasteiger partial charge in [0.25, 0.3) is 10.1 Å². The van der Waals surface area contributed by atoms with Crippen LogP contribution in [-0.2, 0) is 19.6 Å². The Hall–Kier alpha value is -1.44. The lowest BCUT2D eigenvalue weighted by molar-refractivity contribution is -0.146. The van der Waals surface area contributed by atoms with E-state index in [-0.39, 0.29) is 16.8 Å². The van der Waals surface area contributed by atoms with Gasteiger partial charge in [-0.05, 0) is 44.7 Å². The molecule has 1 saturated carbocycles. The summed E-state index contributed by atoms with van der Waals surface area (Å²) in [5, 5.41) is 0. The number of benzene rings is 1. The van der Waals surface area contributed by atoms with Crippen molar-refractivity contribution in [3.8, 4) is 0 Å². The van der Waals surface area contributed by atoms with Crippen molar-refractivity contribution in [2.24, 2.45) is 11.7 Å². The van der Waals surface area contributed by atoms with E-state index in [1.807, 2.05) is 6.92 Å². The molecule has 1 aromatic carbocycles. The third-order valence-electron chi connectivity index (χ3n) is 3.63. The SMILES string of the molecule is COC(=O)C1CCC(N)CC1.Cc1ccc(S(=O)(=O)O)cc1. The van der Waals surface area contributed by atoms with Gasteiger partial charge in [-0.25, -0.2) is 0 Å². The number of rotatable bonds is 2. The largest absolute Gasteiger partial charge is 0.469 e. The first kappa shape index (κ1) is 18.6. The van der Waals surface area contributed by atoms with Crippen LogP contribution in [0.15, 0.2) is 29.2 Å². The number of methoxy groups -OCH3 is 1. The molecular weight excluding hydrogens is 306 g/mol. The topological polar surface area (TPSA) is 107 Å². The van der Waals surface area contributed by atoms with Gasteiger partial charge in [-0.2, -0.15) is 8.42 Å². The lowest BCUT2D eigenvalue weighted by Crippen LogP contribution is -2.30. The van der Waals surface area contributed by atoms with Crippen LogP contribution in [0.2, 0.25) is 0 Å². The Morgan fingerprint density at radius 1 is 1.18 bits per heavy atom. The molecule has 0 atom stereocenters. The van der Waals surface area contributed by atoms with Gasteiger partial charge in [0.1, 0.15) is 0 Å². The number of esters is 1. The Kier molecular flexibility index (Phi) is 6.99. The van der Waals surface area contributed by atoms with E-state index >= 15 is 0 Å². The first-order valence-electron chi connectivity index (χ1n) is 7.11. The van der Waals surface area contributed by atoms with Gasteiger partial charge in [-0.15, -0.1) is 0 Å². The van der Waals surface area contributed by atoms with Gasteiger partial charge in [0.15, 0.2) is 0 Å². The minimum atomic E-state index is -4.02. The van der Waals surface area contributed by atoms with Crippen molar-refractivity contribution in [2.45, 2.75) is 43.5 Å². The highest BCUT2D eigenvalue weighted by Gasteiger charge is 2.24. The second-order valence-electron chi connectivity index (χ2n) is 5.42. The van der Waals surface area contributed by atoms with Crippen LogP contribution < -0.4 is 5.73 Å². The molecule has 22 heavy (non-hydrogen) atoms. The molecule has 1 aliphatic rings. The Morgan fingerprint density at radius 2 is 1.68 bits per heavy atom. The van der Waals surface area contributed by atoms with Crippen molar-refractivity contribution in [3.63, 3.8) is 0 Å². The number of ether oxygens (including phenoxy) is 1. The Bertz CT molecular complexity index is 574. The van der Waals surface area contributed by atoms with Gasteiger partial charge >= 0.3 is 5.97 Å². The van der Waals surface area contributed by atoms with Crippen molar-refractivity contribution >= 4 is 16.1 Å². The highest BCUT2D eigenvalue weighted by atomic mass is 32.2. The standard InChI is InChI=1S/C8H15NO2.C7H8O3S/c1-11-8(10)6-2-4-7(9)5-3-6;1-6-2-4-7(5-3-6)11(8,9)10/h6-7H,2-5,9H2,1H3;2-5H,1H3,(H,8,9,10). The Labute approximate surface area is 131 Å². The van der Waals surface area contributed by atoms with E-state index in [0.717, 1.165) is 31.2 Å². The number of hydrogen-bond acceptors (Lipinski definition) is 5. The fourth-order valence-corrected chi connectivity index (χ4v) is 2.71. The van der Waals surface area contributed by atoms with E-state index in [9.17, 15) is 13.2 Å². The number of carbonyl (C=O) groups is 1. The van der Waals surface area contributed by atoms with Crippen molar-refractivity contribution in [3.05, 3.63) is 29.8 Å². The van der Waals surface area contributed by atoms with Crippen molar-refractivity contribution < 1.29 is 22.5 Å². The first-order chi connectivity index (χ1) is 10.2. The van der Waals surface area contributed by atoms with E-state index < -0.39 is 10.1 Å². The van der Waals surface area contributed by atoms with E-state index in [0.29, 0.717) is 6.04 Å². The molecule has 7 heteroatoms. The zero-order valence-corrected chi connectivity index (χ0v) is 13.7. The molecule has 2 rings (SSSR count). The summed E-state index contributed by atoms with van der Waals surface area (Å²) < 4.78 is 34.2. The van der Waals surface area contributed by atoms with Crippen molar-refractivity contribution in [1.82, 2.24) is 0 Å². The average molecular weight is 329 g/mol. The third kappa shape index (κ3) is 6.13. The van der Waals surface area contributed by atoms with Crippen molar-refractivity contribution in [1.29, 1.82) is 0 Å². The van der Waals surface area contributed by atoms with Crippen LogP contribution in [0.25, 0.3) is 0 Å². The first-order valence-corrected chi connectivity index (χ1v) is 8.55. The predicted molar refractivity (Wildman–Crippen MR) is 82.9 cm³/mol. The summed E-state index contributed by atoms with van der Waals surface area (Å²) in [4.78, 5) is 10.9. The van der Waals surface area contributed by atoms with E-state index in [1.165, 1.54) is 19.2 Å². The van der Waals surface area contributed by atoms with Crippen LogP contribution >= 0.6 is 0 Å². The molecule has 0 heterocycles. The van der Waals surface area contributed by atoms with E-state index in [2.05, 4.69) is 4.74 Å². The van der Waals surface area contributed by atoms with Gasteiger partial charge in [-0.3, -0.25) is 9.35 Å². The maximum Gasteiger partial charge on any atom is 0.308 e. The molecule has 0 aliphatic heterocycles. The van der Waals surface area contributed by atoms with E-state index in [4.69, 9.17) is 10.3 Å². The number of aryl methyl sites for hydroxylation is 1. The van der Waals surface area contributed by atoms with Crippen molar-refractivity contribution in [2.75, 3.05) is 7.11 Å². The number of carbonyl (C=O) groups excluding carboxylic acids is 1. The molecule has 6 nitrogen and oxygen atoms in total. The molecule has 1 aromatic rings. The highest BCUT2D eigenvalue weighted by molar-refractivity contribution is 7.85. The predicted octanol–water partition coefficient (Wildman–Crippen LogP) is 1.92. The lowest BCUT2D eigenvalue weighted by atomic mass is 9.87. The molecule has 0 unspecified atom stereocenters. The van der Waals surface area contributed by atoms with Crippen LogP contribution in [-0.4, -0.2) is 32.1 Å². The Morgan fingerprint density at radius 3 is 2.09 bits per heavy atom. The highest BCUT2D eigenvalue weighted by Crippen LogP contribution is 2.23. The van der Waals surface area contributed by atoms with Gasteiger partial charge in [-0.1, -0.05) is 17.7 Å². The minimum absolute atomic E-state index is 0.0666. The molecule has 0 saturated heterocycles. The molecule has 0 bridgehead atoms. The molecular formula is C15H23NO5S. The summed E-state index contributed by atoms with van der Waals surface area (Å²) in [7, 11) is -2.58. The minimum Gasteiger partial charge on any atom is -0.469 e. The normalized spacial score (nSPS) is 21.5. The summed E-state index contributed by atoms with van der Waals surface area (Å²) in [5.41, 5.74) is 6.64. The summed E-state index contributed by atoms with van der Waals surface area (Å²) in [5.74, 6) is 0.0386. The van der Waals surface area contributed by atoms with Gasteiger partial charge in [0.05, 0.1) is 17.9 Å². The molecule has 0 amide bonds.